The van der Waals surface area contributed by atoms with Gasteiger partial charge in [0, 0.05) is 44.6 Å². The van der Waals surface area contributed by atoms with Gasteiger partial charge < -0.3 is 20.3 Å². The zero-order valence-corrected chi connectivity index (χ0v) is 17.4. The van der Waals surface area contributed by atoms with Crippen LogP contribution >= 0.6 is 0 Å². The molecule has 2 saturated heterocycles. The molecular weight excluding hydrogens is 378 g/mol. The number of carbonyl (C=O) groups excluding carboxylic acids is 2. The van der Waals surface area contributed by atoms with Crippen LogP contribution in [0.1, 0.15) is 35.3 Å². The van der Waals surface area contributed by atoms with Crippen molar-refractivity contribution < 1.29 is 14.3 Å². The number of likely N-dealkylation sites (tertiary alicyclic amines) is 2. The number of hydrogen-bond acceptors (Lipinski definition) is 4. The Morgan fingerprint density at radius 2 is 1.77 bits per heavy atom. The predicted molar refractivity (Wildman–Crippen MR) is 115 cm³/mol. The summed E-state index contributed by atoms with van der Waals surface area (Å²) in [7, 11) is 0. The lowest BCUT2D eigenvalue weighted by atomic mass is 9.89. The molecular formula is C24H29N3O3. The van der Waals surface area contributed by atoms with Crippen LogP contribution in [0.3, 0.4) is 0 Å². The van der Waals surface area contributed by atoms with Crippen molar-refractivity contribution in [1.29, 1.82) is 0 Å². The molecule has 0 radical (unpaired) electrons. The Morgan fingerprint density at radius 3 is 2.43 bits per heavy atom. The van der Waals surface area contributed by atoms with Gasteiger partial charge in [0.15, 0.2) is 0 Å². The van der Waals surface area contributed by atoms with Crippen molar-refractivity contribution in [2.75, 3.05) is 32.8 Å². The number of hydrogen-bond donors (Lipinski definition) is 1. The summed E-state index contributed by atoms with van der Waals surface area (Å²) < 4.78 is 5.80. The van der Waals surface area contributed by atoms with E-state index in [1.54, 1.807) is 31.2 Å². The summed E-state index contributed by atoms with van der Waals surface area (Å²) in [5.41, 5.74) is 6.98. The highest BCUT2D eigenvalue weighted by Gasteiger charge is 2.48. The molecule has 0 aromatic heterocycles. The van der Waals surface area contributed by atoms with Crippen LogP contribution in [0.2, 0.25) is 0 Å². The standard InChI is InChI=1S/C24H29N3O3/c1-17(28)27-15-20-14-26(16-22(20)23(27)18-6-3-2-4-7-18)12-5-13-30-21-10-8-19(9-11-21)24(25)29/h2-4,6-11,20,22-23H,5,12-16H2,1H3,(H2,25,29)/t20-,22-,23+/m1/s1. The van der Waals surface area contributed by atoms with E-state index in [0.29, 0.717) is 24.0 Å². The second-order valence-corrected chi connectivity index (χ2v) is 8.30. The largest absolute Gasteiger partial charge is 0.494 e. The van der Waals surface area contributed by atoms with Crippen LogP contribution in [0.15, 0.2) is 54.6 Å². The first kappa shape index (κ1) is 20.4. The van der Waals surface area contributed by atoms with E-state index in [1.807, 2.05) is 6.07 Å². The van der Waals surface area contributed by atoms with Gasteiger partial charge in [-0.25, -0.2) is 0 Å². The normalized spacial score (nSPS) is 23.4. The molecule has 2 amide bonds. The number of nitrogens with zero attached hydrogens (tertiary/aromatic N) is 2. The molecule has 6 heteroatoms. The van der Waals surface area contributed by atoms with E-state index in [-0.39, 0.29) is 11.9 Å². The molecule has 2 aromatic rings. The van der Waals surface area contributed by atoms with Crippen LogP contribution < -0.4 is 10.5 Å². The lowest BCUT2D eigenvalue weighted by Crippen LogP contribution is -2.34. The highest BCUT2D eigenvalue weighted by molar-refractivity contribution is 5.92. The average molecular weight is 408 g/mol. The Kier molecular flexibility index (Phi) is 6.04. The number of rotatable bonds is 7. The van der Waals surface area contributed by atoms with Crippen molar-refractivity contribution in [3.63, 3.8) is 0 Å². The summed E-state index contributed by atoms with van der Waals surface area (Å²) in [6, 6.07) is 17.5. The van der Waals surface area contributed by atoms with Gasteiger partial charge in [0.1, 0.15) is 5.75 Å². The van der Waals surface area contributed by atoms with Gasteiger partial charge in [-0.2, -0.15) is 0 Å². The first-order valence-electron chi connectivity index (χ1n) is 10.6. The summed E-state index contributed by atoms with van der Waals surface area (Å²) in [5.74, 6) is 1.50. The molecule has 2 heterocycles. The zero-order chi connectivity index (χ0) is 21.1. The van der Waals surface area contributed by atoms with Gasteiger partial charge in [-0.3, -0.25) is 9.59 Å². The lowest BCUT2D eigenvalue weighted by molar-refractivity contribution is -0.130. The third-order valence-corrected chi connectivity index (χ3v) is 6.31. The minimum atomic E-state index is -0.432. The van der Waals surface area contributed by atoms with Crippen molar-refractivity contribution in [1.82, 2.24) is 9.80 Å². The molecule has 0 aliphatic carbocycles. The number of benzene rings is 2. The maximum absolute atomic E-state index is 12.2. The van der Waals surface area contributed by atoms with Crippen molar-refractivity contribution in [2.45, 2.75) is 19.4 Å². The van der Waals surface area contributed by atoms with Crippen LogP contribution in [0.4, 0.5) is 0 Å². The molecule has 0 bridgehead atoms. The number of amides is 2. The van der Waals surface area contributed by atoms with E-state index >= 15 is 0 Å². The highest BCUT2D eigenvalue weighted by Crippen LogP contribution is 2.44. The van der Waals surface area contributed by atoms with Gasteiger partial charge in [-0.05, 0) is 42.2 Å². The number of carbonyl (C=O) groups is 2. The molecule has 3 atom stereocenters. The molecule has 4 rings (SSSR count). The van der Waals surface area contributed by atoms with Crippen molar-refractivity contribution in [3.8, 4) is 5.75 Å². The fourth-order valence-corrected chi connectivity index (χ4v) is 4.91. The van der Waals surface area contributed by atoms with E-state index < -0.39 is 5.91 Å². The SMILES string of the molecule is CC(=O)N1C[C@H]2CN(CCCOc3ccc(C(N)=O)cc3)C[C@H]2[C@@H]1c1ccccc1. The second-order valence-electron chi connectivity index (χ2n) is 8.30. The Balaban J connectivity index is 1.29. The second kappa shape index (κ2) is 8.88. The van der Waals surface area contributed by atoms with Gasteiger partial charge in [0.05, 0.1) is 12.6 Å². The van der Waals surface area contributed by atoms with Crippen LogP contribution in [0, 0.1) is 11.8 Å². The van der Waals surface area contributed by atoms with E-state index in [1.165, 1.54) is 5.56 Å². The minimum absolute atomic E-state index is 0.167. The predicted octanol–water partition coefficient (Wildman–Crippen LogP) is 2.71. The third-order valence-electron chi connectivity index (χ3n) is 6.31. The molecule has 2 aromatic carbocycles. The van der Waals surface area contributed by atoms with Crippen LogP contribution in [0.25, 0.3) is 0 Å². The first-order chi connectivity index (χ1) is 14.5. The molecule has 2 aliphatic heterocycles. The quantitative estimate of drug-likeness (QED) is 0.716. The lowest BCUT2D eigenvalue weighted by Gasteiger charge is -2.29. The molecule has 0 spiro atoms. The van der Waals surface area contributed by atoms with Gasteiger partial charge >= 0.3 is 0 Å². The Morgan fingerprint density at radius 1 is 1.03 bits per heavy atom. The van der Waals surface area contributed by atoms with Gasteiger partial charge in [-0.15, -0.1) is 0 Å². The Labute approximate surface area is 177 Å². The van der Waals surface area contributed by atoms with Gasteiger partial charge in [0.25, 0.3) is 0 Å². The summed E-state index contributed by atoms with van der Waals surface area (Å²) in [6.45, 7) is 6.19. The maximum Gasteiger partial charge on any atom is 0.248 e. The molecule has 158 valence electrons. The fraction of sp³-hybridized carbons (Fsp3) is 0.417. The number of ether oxygens (including phenoxy) is 1. The van der Waals surface area contributed by atoms with Gasteiger partial charge in [0.2, 0.25) is 11.8 Å². The molecule has 0 saturated carbocycles. The molecule has 2 N–H and O–H groups in total. The highest BCUT2D eigenvalue weighted by atomic mass is 16.5. The van der Waals surface area contributed by atoms with Crippen molar-refractivity contribution in [3.05, 3.63) is 65.7 Å². The topological polar surface area (TPSA) is 75.9 Å². The Hall–Kier alpha value is -2.86. The van der Waals surface area contributed by atoms with Crippen molar-refractivity contribution >= 4 is 11.8 Å². The summed E-state index contributed by atoms with van der Waals surface area (Å²) in [6.07, 6.45) is 0.934. The van der Waals surface area contributed by atoms with Crippen LogP contribution in [-0.2, 0) is 4.79 Å². The van der Waals surface area contributed by atoms with E-state index in [4.69, 9.17) is 10.5 Å². The first-order valence-corrected chi connectivity index (χ1v) is 10.6. The number of primary amides is 1. The summed E-state index contributed by atoms with van der Waals surface area (Å²) in [5, 5.41) is 0. The molecule has 2 aliphatic rings. The molecule has 6 nitrogen and oxygen atoms in total. The average Bonchev–Trinajstić information content (AvgIpc) is 3.29. The molecule has 30 heavy (non-hydrogen) atoms. The molecule has 0 unspecified atom stereocenters. The van der Waals surface area contributed by atoms with Crippen LogP contribution in [-0.4, -0.2) is 54.4 Å². The fourth-order valence-electron chi connectivity index (χ4n) is 4.91. The van der Waals surface area contributed by atoms with E-state index in [0.717, 1.165) is 38.3 Å². The monoisotopic (exact) mass is 407 g/mol. The van der Waals surface area contributed by atoms with E-state index in [2.05, 4.69) is 34.1 Å². The van der Waals surface area contributed by atoms with Crippen LogP contribution in [0.5, 0.6) is 5.75 Å². The zero-order valence-electron chi connectivity index (χ0n) is 17.4. The van der Waals surface area contributed by atoms with Gasteiger partial charge in [-0.1, -0.05) is 30.3 Å². The summed E-state index contributed by atoms with van der Waals surface area (Å²) in [4.78, 5) is 27.9. The summed E-state index contributed by atoms with van der Waals surface area (Å²) >= 11 is 0. The van der Waals surface area contributed by atoms with E-state index in [9.17, 15) is 9.59 Å². The molecule has 2 fully saturated rings. The minimum Gasteiger partial charge on any atom is -0.494 e. The van der Waals surface area contributed by atoms with Crippen molar-refractivity contribution in [2.24, 2.45) is 17.6 Å². The Bertz CT molecular complexity index is 884. The number of nitrogens with two attached hydrogens (primary N) is 1. The third kappa shape index (κ3) is 4.33. The maximum atomic E-state index is 12.2. The number of fused-ring (bicyclic) bond motifs is 1. The smallest absolute Gasteiger partial charge is 0.248 e.